The first-order valence-electron chi connectivity index (χ1n) is 8.92. The minimum Gasteiger partial charge on any atom is -0.492 e. The number of hydrogen-bond donors (Lipinski definition) is 2. The minimum atomic E-state index is -0.270. The van der Waals surface area contributed by atoms with Gasteiger partial charge in [-0.25, -0.2) is 0 Å². The van der Waals surface area contributed by atoms with Gasteiger partial charge in [-0.2, -0.15) is 0 Å². The predicted octanol–water partition coefficient (Wildman–Crippen LogP) is 2.59. The van der Waals surface area contributed by atoms with Crippen LogP contribution in [0.3, 0.4) is 0 Å². The Morgan fingerprint density at radius 3 is 2.57 bits per heavy atom. The number of amides is 2. The molecule has 3 N–H and O–H groups in total. The van der Waals surface area contributed by atoms with E-state index in [1.807, 2.05) is 12.1 Å². The smallest absolute Gasteiger partial charge is 0.262 e. The van der Waals surface area contributed by atoms with E-state index in [1.165, 1.54) is 0 Å². The lowest BCUT2D eigenvalue weighted by Gasteiger charge is -2.16. The van der Waals surface area contributed by atoms with Crippen molar-refractivity contribution in [2.75, 3.05) is 36.5 Å². The average molecular weight is 406 g/mol. The van der Waals surface area contributed by atoms with Gasteiger partial charge in [-0.1, -0.05) is 6.07 Å². The summed E-state index contributed by atoms with van der Waals surface area (Å²) in [6.45, 7) is 1.49. The van der Waals surface area contributed by atoms with Crippen LogP contribution in [-0.2, 0) is 9.59 Å². The number of hydrogen-bond acceptors (Lipinski definition) is 5. The molecule has 0 unspecified atom stereocenters. The van der Waals surface area contributed by atoms with Gasteiger partial charge in [-0.05, 0) is 42.8 Å². The number of nitrogens with two attached hydrogens (primary N) is 1. The third-order valence-corrected chi connectivity index (χ3v) is 4.10. The van der Waals surface area contributed by atoms with Crippen LogP contribution in [-0.4, -0.2) is 38.1 Å². The highest BCUT2D eigenvalue weighted by Crippen LogP contribution is 2.25. The van der Waals surface area contributed by atoms with Crippen LogP contribution < -0.4 is 25.4 Å². The average Bonchev–Trinajstić information content (AvgIpc) is 3.12. The van der Waals surface area contributed by atoms with Crippen molar-refractivity contribution in [2.45, 2.75) is 12.8 Å². The van der Waals surface area contributed by atoms with E-state index in [2.05, 4.69) is 5.32 Å². The third kappa shape index (κ3) is 5.87. The highest BCUT2D eigenvalue weighted by molar-refractivity contribution is 5.95. The van der Waals surface area contributed by atoms with Crippen LogP contribution in [0.5, 0.6) is 11.5 Å². The van der Waals surface area contributed by atoms with Crippen molar-refractivity contribution in [1.29, 1.82) is 0 Å². The predicted molar refractivity (Wildman–Crippen MR) is 110 cm³/mol. The monoisotopic (exact) mass is 405 g/mol. The Labute approximate surface area is 170 Å². The molecule has 1 aliphatic rings. The van der Waals surface area contributed by atoms with Crippen molar-refractivity contribution in [1.82, 2.24) is 0 Å². The number of carbonyl (C=O) groups excluding carboxylic acids is 2. The molecule has 150 valence electrons. The van der Waals surface area contributed by atoms with Gasteiger partial charge in [-0.15, -0.1) is 12.4 Å². The Balaban J connectivity index is 0.00000280. The summed E-state index contributed by atoms with van der Waals surface area (Å²) >= 11 is 0. The second kappa shape index (κ2) is 10.5. The van der Waals surface area contributed by atoms with Gasteiger partial charge < -0.3 is 25.4 Å². The zero-order valence-corrected chi connectivity index (χ0v) is 16.2. The lowest BCUT2D eigenvalue weighted by Crippen LogP contribution is -2.24. The molecule has 1 heterocycles. The van der Waals surface area contributed by atoms with E-state index < -0.39 is 0 Å². The van der Waals surface area contributed by atoms with Gasteiger partial charge in [0, 0.05) is 37.0 Å². The summed E-state index contributed by atoms with van der Waals surface area (Å²) in [6.07, 6.45) is 1.44. The highest BCUT2D eigenvalue weighted by atomic mass is 35.5. The molecule has 0 spiro atoms. The molecular formula is C20H24ClN3O4. The van der Waals surface area contributed by atoms with E-state index >= 15 is 0 Å². The summed E-state index contributed by atoms with van der Waals surface area (Å²) in [5, 5.41) is 2.76. The van der Waals surface area contributed by atoms with Crippen molar-refractivity contribution < 1.29 is 19.1 Å². The Morgan fingerprint density at radius 1 is 1.11 bits per heavy atom. The zero-order valence-electron chi connectivity index (χ0n) is 15.4. The second-order valence-corrected chi connectivity index (χ2v) is 6.14. The van der Waals surface area contributed by atoms with Gasteiger partial charge in [0.2, 0.25) is 5.91 Å². The molecule has 2 aromatic rings. The fraction of sp³-hybridized carbons (Fsp3) is 0.300. The van der Waals surface area contributed by atoms with Crippen LogP contribution >= 0.6 is 12.4 Å². The third-order valence-electron chi connectivity index (χ3n) is 4.10. The molecule has 0 radical (unpaired) electrons. The molecule has 0 aromatic heterocycles. The molecule has 2 aromatic carbocycles. The van der Waals surface area contributed by atoms with E-state index in [4.69, 9.17) is 15.2 Å². The molecule has 8 heteroatoms. The standard InChI is InChI=1S/C20H23N3O4.ClH/c21-10-12-26-17-8-6-15(7-9-17)22-19(24)14-27-18-4-1-3-16(13-18)23-11-2-5-20(23)25;/h1,3-4,6-9,13H,2,5,10-12,14,21H2,(H,22,24);1H. The Morgan fingerprint density at radius 2 is 1.89 bits per heavy atom. The van der Waals surface area contributed by atoms with E-state index in [-0.39, 0.29) is 30.8 Å². The topological polar surface area (TPSA) is 93.9 Å². The number of halogens is 1. The molecule has 28 heavy (non-hydrogen) atoms. The molecular weight excluding hydrogens is 382 g/mol. The van der Waals surface area contributed by atoms with Gasteiger partial charge in [0.05, 0.1) is 0 Å². The van der Waals surface area contributed by atoms with E-state index in [9.17, 15) is 9.59 Å². The van der Waals surface area contributed by atoms with Gasteiger partial charge in [0.15, 0.2) is 6.61 Å². The summed E-state index contributed by atoms with van der Waals surface area (Å²) in [7, 11) is 0. The molecule has 0 saturated carbocycles. The molecule has 0 atom stereocenters. The van der Waals surface area contributed by atoms with Gasteiger partial charge in [0.25, 0.3) is 5.91 Å². The highest BCUT2D eigenvalue weighted by Gasteiger charge is 2.21. The van der Waals surface area contributed by atoms with Crippen molar-refractivity contribution >= 4 is 35.6 Å². The van der Waals surface area contributed by atoms with Crippen LogP contribution in [0.25, 0.3) is 0 Å². The largest absolute Gasteiger partial charge is 0.492 e. The lowest BCUT2D eigenvalue weighted by molar-refractivity contribution is -0.118. The van der Waals surface area contributed by atoms with Crippen LogP contribution in [0.2, 0.25) is 0 Å². The molecule has 2 amide bonds. The number of rotatable bonds is 8. The Bertz CT molecular complexity index is 798. The first-order chi connectivity index (χ1) is 13.2. The first kappa shape index (κ1) is 21.5. The maximum atomic E-state index is 12.1. The summed E-state index contributed by atoms with van der Waals surface area (Å²) in [5.74, 6) is 1.09. The van der Waals surface area contributed by atoms with Crippen LogP contribution in [0, 0.1) is 0 Å². The summed E-state index contributed by atoms with van der Waals surface area (Å²) < 4.78 is 11.0. The van der Waals surface area contributed by atoms with Crippen LogP contribution in [0.1, 0.15) is 12.8 Å². The van der Waals surface area contributed by atoms with Gasteiger partial charge in [-0.3, -0.25) is 9.59 Å². The second-order valence-electron chi connectivity index (χ2n) is 6.14. The van der Waals surface area contributed by atoms with E-state index in [0.29, 0.717) is 43.3 Å². The number of nitrogens with zero attached hydrogens (tertiary/aromatic N) is 1. The van der Waals surface area contributed by atoms with E-state index in [1.54, 1.807) is 41.3 Å². The normalized spacial score (nSPS) is 13.0. The Kier molecular flexibility index (Phi) is 8.10. The zero-order chi connectivity index (χ0) is 19.1. The number of anilines is 2. The molecule has 0 aliphatic carbocycles. The summed E-state index contributed by atoms with van der Waals surface area (Å²) in [4.78, 5) is 25.7. The molecule has 1 fully saturated rings. The maximum absolute atomic E-state index is 12.1. The molecule has 1 aliphatic heterocycles. The summed E-state index contributed by atoms with van der Waals surface area (Å²) in [5.41, 5.74) is 6.84. The molecule has 1 saturated heterocycles. The van der Waals surface area contributed by atoms with Crippen molar-refractivity contribution in [3.05, 3.63) is 48.5 Å². The number of benzene rings is 2. The van der Waals surface area contributed by atoms with Crippen molar-refractivity contribution in [2.24, 2.45) is 5.73 Å². The summed E-state index contributed by atoms with van der Waals surface area (Å²) in [6, 6.07) is 14.3. The quantitative estimate of drug-likeness (QED) is 0.704. The lowest BCUT2D eigenvalue weighted by atomic mass is 10.3. The molecule has 0 bridgehead atoms. The first-order valence-corrected chi connectivity index (χ1v) is 8.92. The van der Waals surface area contributed by atoms with Crippen molar-refractivity contribution in [3.63, 3.8) is 0 Å². The fourth-order valence-electron chi connectivity index (χ4n) is 2.82. The van der Waals surface area contributed by atoms with Crippen molar-refractivity contribution in [3.8, 4) is 11.5 Å². The number of carbonyl (C=O) groups is 2. The SMILES string of the molecule is Cl.NCCOc1ccc(NC(=O)COc2cccc(N3CCCC3=O)c2)cc1. The van der Waals surface area contributed by atoms with Crippen LogP contribution in [0.15, 0.2) is 48.5 Å². The van der Waals surface area contributed by atoms with Gasteiger partial charge >= 0.3 is 0 Å². The van der Waals surface area contributed by atoms with E-state index in [0.717, 1.165) is 12.1 Å². The minimum absolute atomic E-state index is 0. The molecule has 3 rings (SSSR count). The number of nitrogens with one attached hydrogen (secondary N) is 1. The van der Waals surface area contributed by atoms with Crippen LogP contribution in [0.4, 0.5) is 11.4 Å². The maximum Gasteiger partial charge on any atom is 0.262 e. The van der Waals surface area contributed by atoms with Gasteiger partial charge in [0.1, 0.15) is 18.1 Å². The number of ether oxygens (including phenoxy) is 2. The Hall–Kier alpha value is -2.77. The fourth-order valence-corrected chi connectivity index (χ4v) is 2.82. The molecule has 7 nitrogen and oxygen atoms in total.